The van der Waals surface area contributed by atoms with Crippen LogP contribution in [0.1, 0.15) is 32.8 Å². The first kappa shape index (κ1) is 13.4. The van der Waals surface area contributed by atoms with Crippen molar-refractivity contribution in [3.05, 3.63) is 34.1 Å². The zero-order valence-corrected chi connectivity index (χ0v) is 11.4. The third kappa shape index (κ3) is 3.41. The Morgan fingerprint density at radius 1 is 1.38 bits per heavy atom. The standard InChI is InChI=1S/C13H16BrFO/c1-13(2,3)11(16)8-7-9-5-4-6-10(14)12(9)15/h4-6H,7-8H2,1-3H3. The highest BCUT2D eigenvalue weighted by Gasteiger charge is 2.21. The highest BCUT2D eigenvalue weighted by Crippen LogP contribution is 2.22. The predicted octanol–water partition coefficient (Wildman–Crippen LogP) is 4.14. The van der Waals surface area contributed by atoms with Crippen LogP contribution < -0.4 is 0 Å². The fourth-order valence-corrected chi connectivity index (χ4v) is 1.77. The molecule has 0 saturated heterocycles. The molecule has 0 aromatic heterocycles. The van der Waals surface area contributed by atoms with E-state index in [-0.39, 0.29) is 17.0 Å². The monoisotopic (exact) mass is 286 g/mol. The summed E-state index contributed by atoms with van der Waals surface area (Å²) in [5, 5.41) is 0. The highest BCUT2D eigenvalue weighted by atomic mass is 79.9. The summed E-state index contributed by atoms with van der Waals surface area (Å²) in [6, 6.07) is 5.16. The highest BCUT2D eigenvalue weighted by molar-refractivity contribution is 9.10. The molecule has 1 aromatic rings. The largest absolute Gasteiger partial charge is 0.299 e. The van der Waals surface area contributed by atoms with E-state index in [9.17, 15) is 9.18 Å². The van der Waals surface area contributed by atoms with Gasteiger partial charge in [-0.3, -0.25) is 4.79 Å². The van der Waals surface area contributed by atoms with Crippen LogP contribution in [-0.4, -0.2) is 5.78 Å². The quantitative estimate of drug-likeness (QED) is 0.816. The van der Waals surface area contributed by atoms with Crippen molar-refractivity contribution in [1.29, 1.82) is 0 Å². The maximum atomic E-state index is 13.6. The maximum absolute atomic E-state index is 13.6. The van der Waals surface area contributed by atoms with Crippen LogP contribution in [0.4, 0.5) is 4.39 Å². The number of hydrogen-bond acceptors (Lipinski definition) is 1. The van der Waals surface area contributed by atoms with Crippen LogP contribution >= 0.6 is 15.9 Å². The Morgan fingerprint density at radius 2 is 2.00 bits per heavy atom. The van der Waals surface area contributed by atoms with E-state index < -0.39 is 0 Å². The Kier molecular flexibility index (Phi) is 4.25. The summed E-state index contributed by atoms with van der Waals surface area (Å²) in [5.41, 5.74) is 0.245. The average Bonchev–Trinajstić information content (AvgIpc) is 2.18. The van der Waals surface area contributed by atoms with Crippen molar-refractivity contribution in [2.45, 2.75) is 33.6 Å². The average molecular weight is 287 g/mol. The lowest BCUT2D eigenvalue weighted by Crippen LogP contribution is -2.20. The minimum atomic E-state index is -0.345. The second-order valence-corrected chi connectivity index (χ2v) is 5.74. The van der Waals surface area contributed by atoms with Crippen molar-refractivity contribution in [2.75, 3.05) is 0 Å². The van der Waals surface area contributed by atoms with Crippen LogP contribution in [0.15, 0.2) is 22.7 Å². The van der Waals surface area contributed by atoms with Crippen molar-refractivity contribution < 1.29 is 9.18 Å². The minimum absolute atomic E-state index is 0.159. The summed E-state index contributed by atoms with van der Waals surface area (Å²) in [6.07, 6.45) is 0.845. The van der Waals surface area contributed by atoms with Crippen molar-refractivity contribution >= 4 is 21.7 Å². The first-order chi connectivity index (χ1) is 7.32. The van der Waals surface area contributed by atoms with Crippen molar-refractivity contribution in [2.24, 2.45) is 5.41 Å². The molecule has 1 aromatic carbocycles. The minimum Gasteiger partial charge on any atom is -0.299 e. The van der Waals surface area contributed by atoms with Gasteiger partial charge in [0.25, 0.3) is 0 Å². The number of benzene rings is 1. The molecule has 3 heteroatoms. The number of carbonyl (C=O) groups excluding carboxylic acids is 1. The number of hydrogen-bond donors (Lipinski definition) is 0. The van der Waals surface area contributed by atoms with E-state index in [2.05, 4.69) is 15.9 Å². The van der Waals surface area contributed by atoms with Gasteiger partial charge in [0.2, 0.25) is 0 Å². The molecule has 0 radical (unpaired) electrons. The molecule has 0 aliphatic rings. The molecule has 1 nitrogen and oxygen atoms in total. The Morgan fingerprint density at radius 3 is 2.56 bits per heavy atom. The molecule has 0 aliphatic heterocycles. The molecule has 0 saturated carbocycles. The van der Waals surface area contributed by atoms with E-state index >= 15 is 0 Å². The lowest BCUT2D eigenvalue weighted by Gasteiger charge is -2.16. The Hall–Kier alpha value is -0.700. The molecule has 0 bridgehead atoms. The lowest BCUT2D eigenvalue weighted by molar-refractivity contribution is -0.126. The molecule has 0 N–H and O–H groups in total. The van der Waals surface area contributed by atoms with Gasteiger partial charge in [0.15, 0.2) is 0 Å². The molecular weight excluding hydrogens is 271 g/mol. The van der Waals surface area contributed by atoms with E-state index in [4.69, 9.17) is 0 Å². The molecule has 0 fully saturated rings. The predicted molar refractivity (Wildman–Crippen MR) is 66.9 cm³/mol. The molecule has 0 heterocycles. The Labute approximate surface area is 104 Å². The summed E-state index contributed by atoms with van der Waals surface area (Å²) < 4.78 is 14.0. The van der Waals surface area contributed by atoms with Gasteiger partial charge in [0, 0.05) is 11.8 Å². The number of rotatable bonds is 3. The summed E-state index contributed by atoms with van der Waals surface area (Å²) >= 11 is 3.13. The SMILES string of the molecule is CC(C)(C)C(=O)CCc1cccc(Br)c1F. The van der Waals surface area contributed by atoms with E-state index in [1.807, 2.05) is 20.8 Å². The molecule has 0 amide bonds. The lowest BCUT2D eigenvalue weighted by atomic mass is 9.87. The second kappa shape index (κ2) is 5.09. The van der Waals surface area contributed by atoms with Gasteiger partial charge in [-0.15, -0.1) is 0 Å². The van der Waals surface area contributed by atoms with Crippen molar-refractivity contribution in [3.8, 4) is 0 Å². The summed E-state index contributed by atoms with van der Waals surface area (Å²) in [6.45, 7) is 5.64. The van der Waals surface area contributed by atoms with Gasteiger partial charge >= 0.3 is 0 Å². The van der Waals surface area contributed by atoms with Gasteiger partial charge in [-0.05, 0) is 34.0 Å². The van der Waals surface area contributed by atoms with E-state index in [0.717, 1.165) is 0 Å². The number of aryl methyl sites for hydroxylation is 1. The Bertz CT molecular complexity index is 393. The molecular formula is C13H16BrFO. The number of halogens is 2. The second-order valence-electron chi connectivity index (χ2n) is 4.89. The van der Waals surface area contributed by atoms with Crippen LogP contribution in [0.5, 0.6) is 0 Å². The van der Waals surface area contributed by atoms with Gasteiger partial charge in [0.1, 0.15) is 11.6 Å². The molecule has 88 valence electrons. The fraction of sp³-hybridized carbons (Fsp3) is 0.462. The van der Waals surface area contributed by atoms with Gasteiger partial charge in [-0.25, -0.2) is 4.39 Å². The van der Waals surface area contributed by atoms with Crippen LogP contribution in [-0.2, 0) is 11.2 Å². The zero-order chi connectivity index (χ0) is 12.3. The summed E-state index contributed by atoms with van der Waals surface area (Å²) in [5.74, 6) is -0.101. The van der Waals surface area contributed by atoms with Gasteiger partial charge in [0.05, 0.1) is 4.47 Å². The molecule has 16 heavy (non-hydrogen) atoms. The topological polar surface area (TPSA) is 17.1 Å². The molecule has 0 aliphatic carbocycles. The number of ketones is 1. The maximum Gasteiger partial charge on any atom is 0.140 e. The zero-order valence-electron chi connectivity index (χ0n) is 9.81. The van der Waals surface area contributed by atoms with Crippen molar-refractivity contribution in [3.63, 3.8) is 0 Å². The van der Waals surface area contributed by atoms with Gasteiger partial charge in [-0.1, -0.05) is 32.9 Å². The summed E-state index contributed by atoms with van der Waals surface area (Å²) in [4.78, 5) is 11.7. The number of Topliss-reactive ketones (excluding diaryl/α,β-unsaturated/α-hetero) is 1. The first-order valence-corrected chi connectivity index (χ1v) is 6.08. The van der Waals surface area contributed by atoms with E-state index in [0.29, 0.717) is 22.9 Å². The van der Waals surface area contributed by atoms with Gasteiger partial charge < -0.3 is 0 Å². The first-order valence-electron chi connectivity index (χ1n) is 5.28. The fourth-order valence-electron chi connectivity index (χ4n) is 1.36. The van der Waals surface area contributed by atoms with Crippen LogP contribution in [0.2, 0.25) is 0 Å². The third-order valence-electron chi connectivity index (χ3n) is 2.49. The van der Waals surface area contributed by atoms with Crippen LogP contribution in [0.25, 0.3) is 0 Å². The smallest absolute Gasteiger partial charge is 0.140 e. The molecule has 1 rings (SSSR count). The molecule has 0 atom stereocenters. The van der Waals surface area contributed by atoms with E-state index in [1.165, 1.54) is 0 Å². The Balaban J connectivity index is 2.69. The van der Waals surface area contributed by atoms with E-state index in [1.54, 1.807) is 18.2 Å². The van der Waals surface area contributed by atoms with Crippen LogP contribution in [0, 0.1) is 11.2 Å². The molecule has 0 unspecified atom stereocenters. The van der Waals surface area contributed by atoms with Crippen LogP contribution in [0.3, 0.4) is 0 Å². The summed E-state index contributed by atoms with van der Waals surface area (Å²) in [7, 11) is 0. The van der Waals surface area contributed by atoms with Gasteiger partial charge in [-0.2, -0.15) is 0 Å². The third-order valence-corrected chi connectivity index (χ3v) is 3.10. The molecule has 0 spiro atoms. The number of carbonyl (C=O) groups is 1. The van der Waals surface area contributed by atoms with Crippen molar-refractivity contribution in [1.82, 2.24) is 0 Å². The normalized spacial score (nSPS) is 11.6.